The first-order valence-electron chi connectivity index (χ1n) is 4.13. The van der Waals surface area contributed by atoms with Gasteiger partial charge in [-0.3, -0.25) is 0 Å². The normalized spacial score (nSPS) is 10.1. The molecule has 0 atom stereocenters. The first-order valence-corrected chi connectivity index (χ1v) is 4.51. The highest BCUT2D eigenvalue weighted by atomic mass is 35.5. The summed E-state index contributed by atoms with van der Waals surface area (Å²) in [5, 5.41) is 13.1. The Morgan fingerprint density at radius 2 is 2.19 bits per heavy atom. The number of aromatic hydroxyl groups is 1. The molecule has 0 saturated heterocycles. The number of nitrogens with zero attached hydrogens (tertiary/aromatic N) is 3. The number of rotatable bonds is 1. The minimum absolute atomic E-state index is 0.119. The van der Waals surface area contributed by atoms with Crippen LogP contribution in [0.1, 0.15) is 0 Å². The third-order valence-corrected chi connectivity index (χ3v) is 2.24. The van der Waals surface area contributed by atoms with Crippen LogP contribution in [0.25, 0.3) is 21.4 Å². The predicted molar refractivity (Wildman–Crippen MR) is 58.0 cm³/mol. The highest BCUT2D eigenvalue weighted by Crippen LogP contribution is 2.29. The molecule has 1 N–H and O–H groups in total. The van der Waals surface area contributed by atoms with Gasteiger partial charge in [-0.15, -0.1) is 0 Å². The summed E-state index contributed by atoms with van der Waals surface area (Å²) in [6.07, 6.45) is 0. The first-order chi connectivity index (χ1) is 7.61. The van der Waals surface area contributed by atoms with Gasteiger partial charge in [-0.05, 0) is 17.7 Å². The monoisotopic (exact) mass is 237 g/mol. The van der Waals surface area contributed by atoms with Crippen molar-refractivity contribution in [3.63, 3.8) is 0 Å². The average Bonchev–Trinajstić information content (AvgIpc) is 2.23. The molecule has 0 aliphatic heterocycles. The Balaban J connectivity index is 2.84. The smallest absolute Gasteiger partial charge is 0.345 e. The molecule has 0 spiro atoms. The van der Waals surface area contributed by atoms with E-state index in [-0.39, 0.29) is 22.0 Å². The van der Waals surface area contributed by atoms with Gasteiger partial charge >= 0.3 is 5.63 Å². The number of halogens is 1. The van der Waals surface area contributed by atoms with E-state index in [2.05, 4.69) is 10.0 Å². The molecule has 1 aromatic heterocycles. The van der Waals surface area contributed by atoms with Crippen molar-refractivity contribution in [2.24, 2.45) is 5.11 Å². The number of azide groups is 1. The van der Waals surface area contributed by atoms with E-state index in [0.717, 1.165) is 0 Å². The maximum atomic E-state index is 11.3. The van der Waals surface area contributed by atoms with Crippen LogP contribution in [0.3, 0.4) is 0 Å². The number of hydrogen-bond donors (Lipinski definition) is 1. The number of phenols is 1. The Morgan fingerprint density at radius 3 is 2.88 bits per heavy atom. The lowest BCUT2D eigenvalue weighted by molar-refractivity contribution is 0.473. The van der Waals surface area contributed by atoms with Gasteiger partial charge in [0.2, 0.25) is 0 Å². The zero-order valence-corrected chi connectivity index (χ0v) is 8.47. The third kappa shape index (κ3) is 1.67. The van der Waals surface area contributed by atoms with E-state index in [4.69, 9.17) is 21.5 Å². The van der Waals surface area contributed by atoms with Crippen LogP contribution in [0.5, 0.6) is 5.75 Å². The topological polar surface area (TPSA) is 99.2 Å². The molecule has 0 saturated carbocycles. The van der Waals surface area contributed by atoms with Crippen LogP contribution >= 0.6 is 11.6 Å². The maximum Gasteiger partial charge on any atom is 0.345 e. The standard InChI is InChI=1S/C9H4ClN3O3/c10-5-1-4-2-6(12-13-11)9(15)16-8(4)3-7(5)14/h1-3,14H. The van der Waals surface area contributed by atoms with Crippen molar-refractivity contribution in [2.45, 2.75) is 0 Å². The quantitative estimate of drug-likeness (QED) is 0.357. The molecule has 0 aliphatic carbocycles. The third-order valence-electron chi connectivity index (χ3n) is 1.94. The van der Waals surface area contributed by atoms with Crippen molar-refractivity contribution in [1.29, 1.82) is 0 Å². The predicted octanol–water partition coefficient (Wildman–Crippen LogP) is 3.09. The van der Waals surface area contributed by atoms with Crippen molar-refractivity contribution in [3.05, 3.63) is 44.1 Å². The van der Waals surface area contributed by atoms with Crippen LogP contribution in [-0.2, 0) is 0 Å². The Labute approximate surface area is 93.3 Å². The summed E-state index contributed by atoms with van der Waals surface area (Å²) in [7, 11) is 0. The van der Waals surface area contributed by atoms with E-state index in [0.29, 0.717) is 5.39 Å². The summed E-state index contributed by atoms with van der Waals surface area (Å²) < 4.78 is 4.84. The SMILES string of the molecule is [N-]=[N+]=Nc1cc2cc(Cl)c(O)cc2oc1=O. The fraction of sp³-hybridized carbons (Fsp3) is 0. The highest BCUT2D eigenvalue weighted by molar-refractivity contribution is 6.32. The van der Waals surface area contributed by atoms with E-state index >= 15 is 0 Å². The Morgan fingerprint density at radius 1 is 1.44 bits per heavy atom. The van der Waals surface area contributed by atoms with Gasteiger partial charge in [0.1, 0.15) is 17.0 Å². The maximum absolute atomic E-state index is 11.3. The number of phenolic OH excluding ortho intramolecular Hbond substituents is 1. The summed E-state index contributed by atoms with van der Waals surface area (Å²) in [5.41, 5.74) is 7.47. The second kappa shape index (κ2) is 3.77. The zero-order chi connectivity index (χ0) is 11.7. The van der Waals surface area contributed by atoms with Gasteiger partial charge in [-0.1, -0.05) is 16.7 Å². The van der Waals surface area contributed by atoms with Crippen LogP contribution in [0.4, 0.5) is 5.69 Å². The first kappa shape index (κ1) is 10.4. The Hall–Kier alpha value is -2.17. The summed E-state index contributed by atoms with van der Waals surface area (Å²) >= 11 is 5.68. The largest absolute Gasteiger partial charge is 0.506 e. The van der Waals surface area contributed by atoms with Crippen molar-refractivity contribution in [1.82, 2.24) is 0 Å². The van der Waals surface area contributed by atoms with E-state index in [9.17, 15) is 9.90 Å². The summed E-state index contributed by atoms with van der Waals surface area (Å²) in [5.74, 6) is -0.186. The Bertz CT molecular complexity index is 673. The minimum Gasteiger partial charge on any atom is -0.506 e. The van der Waals surface area contributed by atoms with Crippen molar-refractivity contribution >= 4 is 28.3 Å². The van der Waals surface area contributed by atoms with E-state index in [1.54, 1.807) is 0 Å². The lowest BCUT2D eigenvalue weighted by Gasteiger charge is -2.00. The van der Waals surface area contributed by atoms with Crippen LogP contribution in [0.15, 0.2) is 32.5 Å². The van der Waals surface area contributed by atoms with Crippen molar-refractivity contribution in [2.75, 3.05) is 0 Å². The molecule has 2 rings (SSSR count). The minimum atomic E-state index is -0.771. The molecule has 0 fully saturated rings. The lowest BCUT2D eigenvalue weighted by atomic mass is 10.2. The van der Waals surface area contributed by atoms with Crippen LogP contribution in [-0.4, -0.2) is 5.11 Å². The summed E-state index contributed by atoms with van der Waals surface area (Å²) in [6.45, 7) is 0. The molecule has 0 radical (unpaired) electrons. The van der Waals surface area contributed by atoms with Crippen molar-refractivity contribution < 1.29 is 9.52 Å². The molecule has 1 aromatic carbocycles. The highest BCUT2D eigenvalue weighted by Gasteiger charge is 2.07. The van der Waals surface area contributed by atoms with Crippen LogP contribution < -0.4 is 5.63 Å². The molecule has 0 amide bonds. The van der Waals surface area contributed by atoms with Gasteiger partial charge in [0, 0.05) is 16.4 Å². The average molecular weight is 238 g/mol. The van der Waals surface area contributed by atoms with E-state index in [1.165, 1.54) is 18.2 Å². The molecule has 2 aromatic rings. The van der Waals surface area contributed by atoms with Gasteiger partial charge < -0.3 is 9.52 Å². The van der Waals surface area contributed by atoms with Crippen LogP contribution in [0, 0.1) is 0 Å². The molecular formula is C9H4ClN3O3. The molecule has 0 bridgehead atoms. The van der Waals surface area contributed by atoms with Crippen molar-refractivity contribution in [3.8, 4) is 5.75 Å². The van der Waals surface area contributed by atoms with Crippen LogP contribution in [0.2, 0.25) is 5.02 Å². The number of hydrogen-bond acceptors (Lipinski definition) is 4. The molecule has 7 heteroatoms. The summed E-state index contributed by atoms with van der Waals surface area (Å²) in [4.78, 5) is 13.8. The summed E-state index contributed by atoms with van der Waals surface area (Å²) in [6, 6.07) is 3.97. The number of fused-ring (bicyclic) bond motifs is 1. The molecule has 6 nitrogen and oxygen atoms in total. The molecule has 16 heavy (non-hydrogen) atoms. The van der Waals surface area contributed by atoms with E-state index < -0.39 is 5.63 Å². The fourth-order valence-electron chi connectivity index (χ4n) is 1.24. The fourth-order valence-corrected chi connectivity index (χ4v) is 1.41. The molecule has 0 aliphatic rings. The zero-order valence-electron chi connectivity index (χ0n) is 7.72. The van der Waals surface area contributed by atoms with Gasteiger partial charge in [0.15, 0.2) is 0 Å². The Kier molecular flexibility index (Phi) is 2.44. The second-order valence-corrected chi connectivity index (χ2v) is 3.36. The molecule has 0 unspecified atom stereocenters. The van der Waals surface area contributed by atoms with Gasteiger partial charge in [0.25, 0.3) is 0 Å². The van der Waals surface area contributed by atoms with Gasteiger partial charge in [0.05, 0.1) is 5.02 Å². The molecular weight excluding hydrogens is 234 g/mol. The molecule has 1 heterocycles. The molecule has 80 valence electrons. The van der Waals surface area contributed by atoms with Gasteiger partial charge in [-0.2, -0.15) is 0 Å². The lowest BCUT2D eigenvalue weighted by Crippen LogP contribution is -1.96. The number of benzene rings is 1. The second-order valence-electron chi connectivity index (χ2n) is 2.95. The van der Waals surface area contributed by atoms with Gasteiger partial charge in [-0.25, -0.2) is 4.79 Å². The van der Waals surface area contributed by atoms with E-state index in [1.807, 2.05) is 0 Å².